The van der Waals surface area contributed by atoms with Gasteiger partial charge in [-0.3, -0.25) is 14.9 Å². The third-order valence-corrected chi connectivity index (χ3v) is 2.83. The van der Waals surface area contributed by atoms with Gasteiger partial charge in [0.05, 0.1) is 17.6 Å². The fraction of sp³-hybridized carbons (Fsp3) is 0.462. The fourth-order valence-corrected chi connectivity index (χ4v) is 1.90. The van der Waals surface area contributed by atoms with E-state index >= 15 is 0 Å². The summed E-state index contributed by atoms with van der Waals surface area (Å²) in [7, 11) is 1.43. The second kappa shape index (κ2) is 7.63. The standard InChI is InChI=1S/C13H16F2N2O4/c1-3-4-8(7-21-2)16-13(18)11-9(14)5-6-10(12(11)15)17(19)20/h5-6,8H,3-4,7H2,1-2H3,(H,16,18). The third kappa shape index (κ3) is 4.19. The number of carbonyl (C=O) groups excluding carboxylic acids is 1. The third-order valence-electron chi connectivity index (χ3n) is 2.83. The summed E-state index contributed by atoms with van der Waals surface area (Å²) < 4.78 is 32.4. The van der Waals surface area contributed by atoms with E-state index in [0.29, 0.717) is 18.6 Å². The summed E-state index contributed by atoms with van der Waals surface area (Å²) >= 11 is 0. The first-order valence-electron chi connectivity index (χ1n) is 6.34. The van der Waals surface area contributed by atoms with Gasteiger partial charge in [0.1, 0.15) is 11.4 Å². The van der Waals surface area contributed by atoms with Gasteiger partial charge in [0.25, 0.3) is 5.91 Å². The highest BCUT2D eigenvalue weighted by Crippen LogP contribution is 2.23. The molecule has 0 aliphatic rings. The number of methoxy groups -OCH3 is 1. The number of carbonyl (C=O) groups is 1. The van der Waals surface area contributed by atoms with E-state index in [-0.39, 0.29) is 6.61 Å². The van der Waals surface area contributed by atoms with E-state index in [9.17, 15) is 23.7 Å². The van der Waals surface area contributed by atoms with Crippen molar-refractivity contribution in [2.45, 2.75) is 25.8 Å². The number of nitro benzene ring substituents is 1. The van der Waals surface area contributed by atoms with Gasteiger partial charge in [0, 0.05) is 13.2 Å². The van der Waals surface area contributed by atoms with Crippen molar-refractivity contribution in [2.24, 2.45) is 0 Å². The number of halogens is 2. The zero-order valence-electron chi connectivity index (χ0n) is 11.7. The lowest BCUT2D eigenvalue weighted by Gasteiger charge is -2.17. The Morgan fingerprint density at radius 2 is 2.14 bits per heavy atom. The van der Waals surface area contributed by atoms with Crippen LogP contribution in [0.3, 0.4) is 0 Å². The number of benzene rings is 1. The van der Waals surface area contributed by atoms with Gasteiger partial charge < -0.3 is 10.1 Å². The number of ether oxygens (including phenoxy) is 1. The molecule has 116 valence electrons. The van der Waals surface area contributed by atoms with Gasteiger partial charge in [-0.25, -0.2) is 4.39 Å². The lowest BCUT2D eigenvalue weighted by molar-refractivity contribution is -0.387. The molecule has 6 nitrogen and oxygen atoms in total. The predicted octanol–water partition coefficient (Wildman–Crippen LogP) is 2.42. The topological polar surface area (TPSA) is 81.5 Å². The summed E-state index contributed by atoms with van der Waals surface area (Å²) in [4.78, 5) is 21.6. The summed E-state index contributed by atoms with van der Waals surface area (Å²) in [6, 6.07) is 0.951. The van der Waals surface area contributed by atoms with Crippen LogP contribution in [0.1, 0.15) is 30.1 Å². The smallest absolute Gasteiger partial charge is 0.305 e. The molecule has 0 saturated carbocycles. The first-order chi connectivity index (χ1) is 9.92. The molecule has 0 aromatic heterocycles. The fourth-order valence-electron chi connectivity index (χ4n) is 1.90. The van der Waals surface area contributed by atoms with Gasteiger partial charge in [-0.1, -0.05) is 13.3 Å². The minimum Gasteiger partial charge on any atom is -0.383 e. The molecule has 0 radical (unpaired) electrons. The van der Waals surface area contributed by atoms with E-state index in [4.69, 9.17) is 4.74 Å². The summed E-state index contributed by atoms with van der Waals surface area (Å²) in [6.45, 7) is 2.06. The number of nitro groups is 1. The highest BCUT2D eigenvalue weighted by atomic mass is 19.1. The molecule has 0 aliphatic heterocycles. The van der Waals surface area contributed by atoms with Crippen molar-refractivity contribution in [3.63, 3.8) is 0 Å². The Morgan fingerprint density at radius 3 is 2.67 bits per heavy atom. The maximum atomic E-state index is 13.9. The monoisotopic (exact) mass is 302 g/mol. The number of amides is 1. The molecular formula is C13H16F2N2O4. The molecule has 0 spiro atoms. The molecule has 0 aliphatic carbocycles. The predicted molar refractivity (Wildman–Crippen MR) is 71.1 cm³/mol. The zero-order chi connectivity index (χ0) is 16.0. The van der Waals surface area contributed by atoms with Crippen LogP contribution in [0.4, 0.5) is 14.5 Å². The van der Waals surface area contributed by atoms with Crippen LogP contribution in [-0.2, 0) is 4.74 Å². The quantitative estimate of drug-likeness (QED) is 0.619. The first kappa shape index (κ1) is 17.0. The van der Waals surface area contributed by atoms with E-state index in [1.54, 1.807) is 0 Å². The molecule has 1 aromatic carbocycles. The Bertz CT molecular complexity index is 531. The SMILES string of the molecule is CCCC(COC)NC(=O)c1c(F)ccc([N+](=O)[O-])c1F. The van der Waals surface area contributed by atoms with Crippen LogP contribution in [0.5, 0.6) is 0 Å². The number of nitrogens with one attached hydrogen (secondary N) is 1. The molecule has 1 atom stereocenters. The Hall–Kier alpha value is -2.09. The molecular weight excluding hydrogens is 286 g/mol. The van der Waals surface area contributed by atoms with E-state index in [2.05, 4.69) is 5.32 Å². The molecule has 8 heteroatoms. The summed E-state index contributed by atoms with van der Waals surface area (Å²) in [5, 5.41) is 13.0. The van der Waals surface area contributed by atoms with Crippen molar-refractivity contribution in [1.29, 1.82) is 0 Å². The Morgan fingerprint density at radius 1 is 1.48 bits per heavy atom. The minimum atomic E-state index is -1.48. The van der Waals surface area contributed by atoms with Crippen molar-refractivity contribution in [3.05, 3.63) is 39.4 Å². The highest BCUT2D eigenvalue weighted by molar-refractivity contribution is 5.95. The van der Waals surface area contributed by atoms with Crippen molar-refractivity contribution in [2.75, 3.05) is 13.7 Å². The van der Waals surface area contributed by atoms with Gasteiger partial charge in [-0.15, -0.1) is 0 Å². The minimum absolute atomic E-state index is 0.178. The second-order valence-corrected chi connectivity index (χ2v) is 4.43. The van der Waals surface area contributed by atoms with Crippen LogP contribution in [-0.4, -0.2) is 30.6 Å². The summed E-state index contributed by atoms with van der Waals surface area (Å²) in [5.41, 5.74) is -1.90. The molecule has 1 N–H and O–H groups in total. The lowest BCUT2D eigenvalue weighted by Crippen LogP contribution is -2.38. The van der Waals surface area contributed by atoms with Gasteiger partial charge in [-0.05, 0) is 12.5 Å². The van der Waals surface area contributed by atoms with Crippen molar-refractivity contribution in [1.82, 2.24) is 5.32 Å². The van der Waals surface area contributed by atoms with Gasteiger partial charge in [0.2, 0.25) is 5.82 Å². The maximum Gasteiger partial charge on any atom is 0.305 e. The van der Waals surface area contributed by atoms with E-state index in [1.807, 2.05) is 6.92 Å². The van der Waals surface area contributed by atoms with Crippen LogP contribution in [0.15, 0.2) is 12.1 Å². The summed E-state index contributed by atoms with van der Waals surface area (Å²) in [6.07, 6.45) is 1.28. The molecule has 0 bridgehead atoms. The first-order valence-corrected chi connectivity index (χ1v) is 6.34. The van der Waals surface area contributed by atoms with Crippen LogP contribution in [0.25, 0.3) is 0 Å². The van der Waals surface area contributed by atoms with E-state index in [1.165, 1.54) is 7.11 Å². The number of rotatable bonds is 7. The molecule has 0 saturated heterocycles. The van der Waals surface area contributed by atoms with Crippen molar-refractivity contribution in [3.8, 4) is 0 Å². The molecule has 1 amide bonds. The van der Waals surface area contributed by atoms with Gasteiger partial charge in [0.15, 0.2) is 0 Å². The average Bonchev–Trinajstić information content (AvgIpc) is 2.38. The van der Waals surface area contributed by atoms with Crippen LogP contribution in [0.2, 0.25) is 0 Å². The zero-order valence-corrected chi connectivity index (χ0v) is 11.7. The Balaban J connectivity index is 3.06. The molecule has 21 heavy (non-hydrogen) atoms. The molecule has 1 unspecified atom stereocenters. The van der Waals surface area contributed by atoms with Crippen LogP contribution < -0.4 is 5.32 Å². The normalized spacial score (nSPS) is 12.0. The van der Waals surface area contributed by atoms with Gasteiger partial charge in [-0.2, -0.15) is 4.39 Å². The number of hydrogen-bond acceptors (Lipinski definition) is 4. The number of hydrogen-bond donors (Lipinski definition) is 1. The van der Waals surface area contributed by atoms with E-state index < -0.39 is 39.8 Å². The maximum absolute atomic E-state index is 13.9. The molecule has 1 rings (SSSR count). The highest BCUT2D eigenvalue weighted by Gasteiger charge is 2.27. The summed E-state index contributed by atoms with van der Waals surface area (Å²) in [5.74, 6) is -3.67. The number of nitrogens with zero attached hydrogens (tertiary/aromatic N) is 1. The molecule has 0 heterocycles. The average molecular weight is 302 g/mol. The molecule has 0 fully saturated rings. The van der Waals surface area contributed by atoms with Crippen molar-refractivity contribution >= 4 is 11.6 Å². The Labute approximate surface area is 120 Å². The van der Waals surface area contributed by atoms with E-state index in [0.717, 1.165) is 6.42 Å². The van der Waals surface area contributed by atoms with Crippen molar-refractivity contribution < 1.29 is 23.2 Å². The molecule has 1 aromatic rings. The van der Waals surface area contributed by atoms with Crippen LogP contribution in [0, 0.1) is 21.7 Å². The van der Waals surface area contributed by atoms with Crippen LogP contribution >= 0.6 is 0 Å². The van der Waals surface area contributed by atoms with Gasteiger partial charge >= 0.3 is 5.69 Å². The largest absolute Gasteiger partial charge is 0.383 e. The Kier molecular flexibility index (Phi) is 6.16. The lowest BCUT2D eigenvalue weighted by atomic mass is 10.1. The second-order valence-electron chi connectivity index (χ2n) is 4.43.